The topological polar surface area (TPSA) is 118 Å². The molecule has 5 rings (SSSR count). The summed E-state index contributed by atoms with van der Waals surface area (Å²) < 4.78 is 5.47. The third-order valence-electron chi connectivity index (χ3n) is 7.90. The number of aryl methyl sites for hydroxylation is 1. The van der Waals surface area contributed by atoms with Crippen molar-refractivity contribution in [1.29, 1.82) is 0 Å². The zero-order valence-electron chi connectivity index (χ0n) is 20.5. The minimum Gasteiger partial charge on any atom is -0.381 e. The molecule has 3 N–H and O–H groups in total. The van der Waals surface area contributed by atoms with Crippen LogP contribution in [0.4, 0.5) is 17.3 Å². The Hall–Kier alpha value is -3.07. The first kappa shape index (κ1) is 23.7. The number of carbonyl (C=O) groups excluding carboxylic acids is 2. The highest BCUT2D eigenvalue weighted by molar-refractivity contribution is 6.07. The van der Waals surface area contributed by atoms with Crippen LogP contribution in [-0.4, -0.2) is 46.3 Å². The first-order valence-electron chi connectivity index (χ1n) is 12.8. The third kappa shape index (κ3) is 4.74. The van der Waals surface area contributed by atoms with Crippen molar-refractivity contribution in [2.75, 3.05) is 29.2 Å². The van der Waals surface area contributed by atoms with Crippen LogP contribution in [0.1, 0.15) is 63.6 Å². The van der Waals surface area contributed by atoms with Crippen molar-refractivity contribution in [3.05, 3.63) is 35.7 Å². The highest BCUT2D eigenvalue weighted by Gasteiger charge is 2.48. The average Bonchev–Trinajstić information content (AvgIpc) is 3.13. The van der Waals surface area contributed by atoms with E-state index in [-0.39, 0.29) is 17.7 Å². The largest absolute Gasteiger partial charge is 0.381 e. The summed E-state index contributed by atoms with van der Waals surface area (Å²) in [5.41, 5.74) is 1.95. The van der Waals surface area contributed by atoms with Crippen molar-refractivity contribution in [1.82, 2.24) is 15.2 Å². The minimum atomic E-state index is -0.574. The number of anilines is 3. The Kier molecular flexibility index (Phi) is 6.69. The van der Waals surface area contributed by atoms with E-state index in [1.807, 2.05) is 19.1 Å². The van der Waals surface area contributed by atoms with E-state index in [1.54, 1.807) is 12.3 Å². The number of amides is 2. The standard InChI is InChI=1S/C26H34N6O3/c1-3-18-8-9-21(32-31-18)29-23(17-6-4-16(2)5-7-17)24(33)30-22-14-20-19(15-27-22)26(25(34)28-20)10-12-35-13-11-26/h8-9,14-17,23H,3-7,10-13H2,1-2H3,(H,28,34)(H,29,32)(H,27,30,33). The van der Waals surface area contributed by atoms with Gasteiger partial charge in [0.25, 0.3) is 0 Å². The van der Waals surface area contributed by atoms with Crippen LogP contribution in [0.5, 0.6) is 0 Å². The molecule has 35 heavy (non-hydrogen) atoms. The summed E-state index contributed by atoms with van der Waals surface area (Å²) in [5, 5.41) is 17.8. The molecular weight excluding hydrogens is 444 g/mol. The molecule has 1 saturated heterocycles. The highest BCUT2D eigenvalue weighted by atomic mass is 16.5. The van der Waals surface area contributed by atoms with E-state index in [4.69, 9.17) is 4.74 Å². The van der Waals surface area contributed by atoms with E-state index in [1.165, 1.54) is 0 Å². The molecule has 2 aromatic rings. The monoisotopic (exact) mass is 478 g/mol. The zero-order valence-corrected chi connectivity index (χ0v) is 20.5. The summed E-state index contributed by atoms with van der Waals surface area (Å²) in [6.45, 7) is 5.41. The molecule has 0 radical (unpaired) electrons. The number of aromatic nitrogens is 3. The van der Waals surface area contributed by atoms with Gasteiger partial charge in [0, 0.05) is 31.0 Å². The van der Waals surface area contributed by atoms with E-state index < -0.39 is 11.5 Å². The van der Waals surface area contributed by atoms with Crippen molar-refractivity contribution in [3.8, 4) is 0 Å². The van der Waals surface area contributed by atoms with Gasteiger partial charge in [-0.05, 0) is 56.1 Å². The molecule has 2 amide bonds. The van der Waals surface area contributed by atoms with Crippen LogP contribution in [0.25, 0.3) is 0 Å². The second-order valence-corrected chi connectivity index (χ2v) is 10.2. The normalized spacial score (nSPS) is 23.9. The summed E-state index contributed by atoms with van der Waals surface area (Å²) in [6, 6.07) is 5.14. The van der Waals surface area contributed by atoms with Gasteiger partial charge in [0.2, 0.25) is 11.8 Å². The van der Waals surface area contributed by atoms with Gasteiger partial charge in [-0.25, -0.2) is 4.98 Å². The number of fused-ring (bicyclic) bond motifs is 2. The van der Waals surface area contributed by atoms with Crippen LogP contribution in [0, 0.1) is 11.8 Å². The van der Waals surface area contributed by atoms with Crippen molar-refractivity contribution >= 4 is 29.1 Å². The van der Waals surface area contributed by atoms with E-state index in [9.17, 15) is 9.59 Å². The van der Waals surface area contributed by atoms with Crippen molar-refractivity contribution in [2.45, 2.75) is 70.3 Å². The molecule has 0 aromatic carbocycles. The fraction of sp³-hybridized carbons (Fsp3) is 0.577. The summed E-state index contributed by atoms with van der Waals surface area (Å²) in [4.78, 5) is 30.9. The number of hydrogen-bond donors (Lipinski definition) is 3. The summed E-state index contributed by atoms with van der Waals surface area (Å²) in [7, 11) is 0. The van der Waals surface area contributed by atoms with Crippen LogP contribution < -0.4 is 16.0 Å². The highest BCUT2D eigenvalue weighted by Crippen LogP contribution is 2.44. The Bertz CT molecular complexity index is 1070. The number of hydrogen-bond acceptors (Lipinski definition) is 7. The fourth-order valence-corrected chi connectivity index (χ4v) is 5.59. The Morgan fingerprint density at radius 3 is 2.63 bits per heavy atom. The molecule has 9 heteroatoms. The van der Waals surface area contributed by atoms with E-state index in [2.05, 4.69) is 38.1 Å². The van der Waals surface area contributed by atoms with Gasteiger partial charge in [0.1, 0.15) is 17.7 Å². The molecule has 4 heterocycles. The molecule has 2 aliphatic heterocycles. The lowest BCUT2D eigenvalue weighted by Crippen LogP contribution is -2.42. The molecule has 2 fully saturated rings. The third-order valence-corrected chi connectivity index (χ3v) is 7.90. The Morgan fingerprint density at radius 1 is 1.17 bits per heavy atom. The number of nitrogens with zero attached hydrogens (tertiary/aromatic N) is 3. The Morgan fingerprint density at radius 2 is 1.94 bits per heavy atom. The second-order valence-electron chi connectivity index (χ2n) is 10.2. The lowest BCUT2D eigenvalue weighted by atomic mass is 9.76. The minimum absolute atomic E-state index is 0.00829. The molecule has 0 bridgehead atoms. The van der Waals surface area contributed by atoms with Gasteiger partial charge < -0.3 is 20.7 Å². The first-order chi connectivity index (χ1) is 17.0. The molecule has 1 spiro atoms. The van der Waals surface area contributed by atoms with Gasteiger partial charge in [-0.3, -0.25) is 9.59 Å². The van der Waals surface area contributed by atoms with Crippen molar-refractivity contribution in [2.24, 2.45) is 11.8 Å². The van der Waals surface area contributed by atoms with Gasteiger partial charge in [0.05, 0.1) is 16.8 Å². The van der Waals surface area contributed by atoms with E-state index in [0.29, 0.717) is 43.6 Å². The Labute approximate surface area is 205 Å². The molecule has 186 valence electrons. The number of rotatable bonds is 6. The molecule has 1 atom stereocenters. The summed E-state index contributed by atoms with van der Waals surface area (Å²) in [6.07, 6.45) is 7.99. The van der Waals surface area contributed by atoms with Crippen LogP contribution in [-0.2, 0) is 26.2 Å². The lowest BCUT2D eigenvalue weighted by molar-refractivity contribution is -0.124. The van der Waals surface area contributed by atoms with Crippen molar-refractivity contribution in [3.63, 3.8) is 0 Å². The smallest absolute Gasteiger partial charge is 0.248 e. The maximum Gasteiger partial charge on any atom is 0.248 e. The van der Waals surface area contributed by atoms with Gasteiger partial charge >= 0.3 is 0 Å². The lowest BCUT2D eigenvalue weighted by Gasteiger charge is -2.32. The van der Waals surface area contributed by atoms with Gasteiger partial charge in [0.15, 0.2) is 0 Å². The fourth-order valence-electron chi connectivity index (χ4n) is 5.59. The number of carbonyl (C=O) groups is 2. The molecule has 2 aromatic heterocycles. The SMILES string of the molecule is CCc1ccc(NC(C(=O)Nc2cc3c(cn2)C2(CCOCC2)C(=O)N3)C2CCC(C)CC2)nn1. The van der Waals surface area contributed by atoms with Crippen LogP contribution in [0.3, 0.4) is 0 Å². The predicted octanol–water partition coefficient (Wildman–Crippen LogP) is 3.68. The molecule has 3 aliphatic rings. The number of pyridine rings is 1. The first-order valence-corrected chi connectivity index (χ1v) is 12.8. The number of ether oxygens (including phenoxy) is 1. The molecule has 1 aliphatic carbocycles. The number of nitrogens with one attached hydrogen (secondary N) is 3. The molecule has 1 saturated carbocycles. The molecule has 9 nitrogen and oxygen atoms in total. The average molecular weight is 479 g/mol. The van der Waals surface area contributed by atoms with Gasteiger partial charge in [-0.1, -0.05) is 26.7 Å². The quantitative estimate of drug-likeness (QED) is 0.580. The predicted molar refractivity (Wildman–Crippen MR) is 133 cm³/mol. The molecule has 1 unspecified atom stereocenters. The van der Waals surface area contributed by atoms with Crippen LogP contribution >= 0.6 is 0 Å². The zero-order chi connectivity index (χ0) is 24.4. The maximum atomic E-state index is 13.5. The van der Waals surface area contributed by atoms with Gasteiger partial charge in [-0.2, -0.15) is 5.10 Å². The Balaban J connectivity index is 1.35. The van der Waals surface area contributed by atoms with Crippen LogP contribution in [0.15, 0.2) is 24.4 Å². The van der Waals surface area contributed by atoms with E-state index in [0.717, 1.165) is 49.0 Å². The summed E-state index contributed by atoms with van der Waals surface area (Å²) in [5.74, 6) is 1.74. The van der Waals surface area contributed by atoms with E-state index >= 15 is 0 Å². The summed E-state index contributed by atoms with van der Waals surface area (Å²) >= 11 is 0. The second kappa shape index (κ2) is 9.89. The van der Waals surface area contributed by atoms with Gasteiger partial charge in [-0.15, -0.1) is 5.10 Å². The van der Waals surface area contributed by atoms with Crippen LogP contribution in [0.2, 0.25) is 0 Å². The maximum absolute atomic E-state index is 13.5. The molecular formula is C26H34N6O3. The van der Waals surface area contributed by atoms with Crippen molar-refractivity contribution < 1.29 is 14.3 Å².